The Labute approximate surface area is 108 Å². The summed E-state index contributed by atoms with van der Waals surface area (Å²) in [6.07, 6.45) is 2.83. The molecule has 0 aliphatic rings. The second-order valence-electron chi connectivity index (χ2n) is 4.70. The van der Waals surface area contributed by atoms with Crippen molar-refractivity contribution in [2.24, 2.45) is 5.73 Å². The average Bonchev–Trinajstić information content (AvgIpc) is 2.34. The Bertz CT molecular complexity index is 369. The highest BCUT2D eigenvalue weighted by atomic mass is 19.1. The van der Waals surface area contributed by atoms with Crippen LogP contribution in [-0.4, -0.2) is 25.3 Å². The molecular formula is C14H23FN2O. The van der Waals surface area contributed by atoms with Gasteiger partial charge in [0.2, 0.25) is 0 Å². The summed E-state index contributed by atoms with van der Waals surface area (Å²) in [5.41, 5.74) is 7.69. The molecule has 4 heteroatoms. The third-order valence-corrected chi connectivity index (χ3v) is 3.04. The predicted octanol–water partition coefficient (Wildman–Crippen LogP) is 2.44. The largest absolute Gasteiger partial charge is 0.396 e. The van der Waals surface area contributed by atoms with Gasteiger partial charge in [-0.3, -0.25) is 0 Å². The van der Waals surface area contributed by atoms with Gasteiger partial charge in [0.15, 0.2) is 0 Å². The molecule has 0 fully saturated rings. The molecule has 0 aliphatic heterocycles. The number of hydrogen-bond acceptors (Lipinski definition) is 3. The molecule has 18 heavy (non-hydrogen) atoms. The van der Waals surface area contributed by atoms with Gasteiger partial charge in [0, 0.05) is 31.9 Å². The maximum absolute atomic E-state index is 13.2. The molecule has 3 N–H and O–H groups in total. The monoisotopic (exact) mass is 254 g/mol. The van der Waals surface area contributed by atoms with Crippen molar-refractivity contribution in [3.63, 3.8) is 0 Å². The highest BCUT2D eigenvalue weighted by molar-refractivity contribution is 5.54. The Kier molecular flexibility index (Phi) is 6.09. The van der Waals surface area contributed by atoms with Crippen LogP contribution in [0.15, 0.2) is 18.2 Å². The van der Waals surface area contributed by atoms with E-state index in [1.807, 2.05) is 14.0 Å². The van der Waals surface area contributed by atoms with Gasteiger partial charge >= 0.3 is 0 Å². The fourth-order valence-corrected chi connectivity index (χ4v) is 2.00. The molecular weight excluding hydrogens is 231 g/mol. The van der Waals surface area contributed by atoms with Crippen LogP contribution >= 0.6 is 0 Å². The lowest BCUT2D eigenvalue weighted by Crippen LogP contribution is -2.22. The van der Waals surface area contributed by atoms with E-state index in [9.17, 15) is 4.39 Å². The minimum atomic E-state index is -0.250. The van der Waals surface area contributed by atoms with Crippen molar-refractivity contribution >= 4 is 5.69 Å². The van der Waals surface area contributed by atoms with Crippen molar-refractivity contribution in [1.82, 2.24) is 0 Å². The van der Waals surface area contributed by atoms with Gasteiger partial charge in [0.05, 0.1) is 0 Å². The minimum absolute atomic E-state index is 0.185. The van der Waals surface area contributed by atoms with E-state index in [1.54, 1.807) is 6.07 Å². The van der Waals surface area contributed by atoms with Gasteiger partial charge in [-0.05, 0) is 49.9 Å². The zero-order chi connectivity index (χ0) is 13.5. The zero-order valence-corrected chi connectivity index (χ0v) is 11.2. The van der Waals surface area contributed by atoms with Gasteiger partial charge in [-0.25, -0.2) is 4.39 Å². The first-order valence-corrected chi connectivity index (χ1v) is 6.43. The van der Waals surface area contributed by atoms with E-state index in [4.69, 9.17) is 10.8 Å². The predicted molar refractivity (Wildman–Crippen MR) is 73.2 cm³/mol. The third kappa shape index (κ3) is 4.27. The molecule has 0 heterocycles. The minimum Gasteiger partial charge on any atom is -0.396 e. The van der Waals surface area contributed by atoms with Crippen LogP contribution in [0, 0.1) is 5.82 Å². The highest BCUT2D eigenvalue weighted by Gasteiger charge is 2.11. The van der Waals surface area contributed by atoms with Crippen molar-refractivity contribution in [3.05, 3.63) is 29.6 Å². The Morgan fingerprint density at radius 2 is 2.06 bits per heavy atom. The van der Waals surface area contributed by atoms with Crippen molar-refractivity contribution in [1.29, 1.82) is 0 Å². The van der Waals surface area contributed by atoms with Crippen LogP contribution in [0.2, 0.25) is 0 Å². The molecule has 0 saturated carbocycles. The Balaban J connectivity index is 2.69. The number of anilines is 1. The molecule has 0 amide bonds. The molecule has 0 spiro atoms. The molecule has 1 aromatic carbocycles. The number of nitrogens with zero attached hydrogens (tertiary/aromatic N) is 1. The number of aliphatic hydroxyl groups excluding tert-OH is 1. The third-order valence-electron chi connectivity index (χ3n) is 3.04. The molecule has 1 unspecified atom stereocenters. The molecule has 0 radical (unpaired) electrons. The Morgan fingerprint density at radius 1 is 1.33 bits per heavy atom. The standard InChI is InChI=1S/C14H23FN2O/c1-11(16)13-10-12(15)6-7-14(13)17(2)8-4-3-5-9-18/h6-7,10-11,18H,3-5,8-9,16H2,1-2H3. The van der Waals surface area contributed by atoms with E-state index < -0.39 is 0 Å². The smallest absolute Gasteiger partial charge is 0.123 e. The van der Waals surface area contributed by atoms with E-state index in [0.29, 0.717) is 0 Å². The van der Waals surface area contributed by atoms with Crippen LogP contribution < -0.4 is 10.6 Å². The maximum atomic E-state index is 13.2. The maximum Gasteiger partial charge on any atom is 0.123 e. The first kappa shape index (κ1) is 14.9. The van der Waals surface area contributed by atoms with Gasteiger partial charge in [-0.15, -0.1) is 0 Å². The molecule has 0 aromatic heterocycles. The number of halogens is 1. The second-order valence-corrected chi connectivity index (χ2v) is 4.70. The summed E-state index contributed by atoms with van der Waals surface area (Å²) < 4.78 is 13.2. The van der Waals surface area contributed by atoms with Crippen molar-refractivity contribution in [2.45, 2.75) is 32.2 Å². The molecule has 1 aromatic rings. The van der Waals surface area contributed by atoms with Crippen LogP contribution in [-0.2, 0) is 0 Å². The first-order chi connectivity index (χ1) is 8.56. The summed E-state index contributed by atoms with van der Waals surface area (Å²) in [7, 11) is 1.98. The lowest BCUT2D eigenvalue weighted by atomic mass is 10.1. The number of unbranched alkanes of at least 4 members (excludes halogenated alkanes) is 2. The van der Waals surface area contributed by atoms with E-state index >= 15 is 0 Å². The van der Waals surface area contributed by atoms with Crippen molar-refractivity contribution in [3.8, 4) is 0 Å². The van der Waals surface area contributed by atoms with Gasteiger partial charge in [-0.2, -0.15) is 0 Å². The van der Waals surface area contributed by atoms with E-state index in [0.717, 1.165) is 37.1 Å². The first-order valence-electron chi connectivity index (χ1n) is 6.43. The van der Waals surface area contributed by atoms with Crippen LogP contribution in [0.5, 0.6) is 0 Å². The number of aliphatic hydroxyl groups is 1. The van der Waals surface area contributed by atoms with Gasteiger partial charge in [-0.1, -0.05) is 0 Å². The molecule has 0 saturated heterocycles. The molecule has 102 valence electrons. The van der Waals surface area contributed by atoms with Crippen molar-refractivity contribution in [2.75, 3.05) is 25.1 Å². The van der Waals surface area contributed by atoms with Crippen LogP contribution in [0.1, 0.15) is 37.8 Å². The summed E-state index contributed by atoms with van der Waals surface area (Å²) in [6, 6.07) is 4.56. The molecule has 1 atom stereocenters. The summed E-state index contributed by atoms with van der Waals surface area (Å²) in [4.78, 5) is 2.09. The van der Waals surface area contributed by atoms with Crippen molar-refractivity contribution < 1.29 is 9.50 Å². The normalized spacial score (nSPS) is 12.5. The van der Waals surface area contributed by atoms with Crippen LogP contribution in [0.4, 0.5) is 10.1 Å². The lowest BCUT2D eigenvalue weighted by Gasteiger charge is -2.24. The number of hydrogen-bond donors (Lipinski definition) is 2. The summed E-state index contributed by atoms with van der Waals surface area (Å²) in [5, 5.41) is 8.72. The van der Waals surface area contributed by atoms with E-state index in [1.165, 1.54) is 12.1 Å². The summed E-state index contributed by atoms with van der Waals surface area (Å²) in [6.45, 7) is 2.98. The Hall–Kier alpha value is -1.13. The SMILES string of the molecule is CC(N)c1cc(F)ccc1N(C)CCCCCO. The van der Waals surface area contributed by atoms with E-state index in [2.05, 4.69) is 4.90 Å². The van der Waals surface area contributed by atoms with E-state index in [-0.39, 0.29) is 18.5 Å². The molecule has 3 nitrogen and oxygen atoms in total. The molecule has 0 bridgehead atoms. The van der Waals surface area contributed by atoms with Crippen LogP contribution in [0.3, 0.4) is 0 Å². The quantitative estimate of drug-likeness (QED) is 0.735. The zero-order valence-electron chi connectivity index (χ0n) is 11.2. The fourth-order valence-electron chi connectivity index (χ4n) is 2.00. The topological polar surface area (TPSA) is 49.5 Å². The highest BCUT2D eigenvalue weighted by Crippen LogP contribution is 2.25. The molecule has 1 rings (SSSR count). The molecule has 0 aliphatic carbocycles. The van der Waals surface area contributed by atoms with Gasteiger partial charge in [0.25, 0.3) is 0 Å². The summed E-state index contributed by atoms with van der Waals surface area (Å²) in [5.74, 6) is -0.250. The average molecular weight is 254 g/mol. The van der Waals surface area contributed by atoms with Crippen LogP contribution in [0.25, 0.3) is 0 Å². The fraction of sp³-hybridized carbons (Fsp3) is 0.571. The van der Waals surface area contributed by atoms with Gasteiger partial charge in [0.1, 0.15) is 5.82 Å². The number of rotatable bonds is 7. The number of nitrogens with two attached hydrogens (primary N) is 1. The Morgan fingerprint density at radius 3 is 2.67 bits per heavy atom. The summed E-state index contributed by atoms with van der Waals surface area (Å²) >= 11 is 0. The second kappa shape index (κ2) is 7.34. The number of benzene rings is 1. The van der Waals surface area contributed by atoms with Gasteiger partial charge < -0.3 is 15.7 Å². The lowest BCUT2D eigenvalue weighted by molar-refractivity contribution is 0.283.